The summed E-state index contributed by atoms with van der Waals surface area (Å²) in [5.41, 5.74) is 0.268. The number of likely N-dealkylation sites (tertiary alicyclic amines) is 1. The number of β-amino-alcohol motifs (C(OH)–C–C–N with tert-alkyl or cyclic N) is 1. The Morgan fingerprint density at radius 3 is 2.59 bits per heavy atom. The van der Waals surface area contributed by atoms with Crippen LogP contribution in [0.25, 0.3) is 0 Å². The predicted octanol–water partition coefficient (Wildman–Crippen LogP) is 3.13. The molecule has 29 heavy (non-hydrogen) atoms. The molecule has 0 bridgehead atoms. The molecule has 1 saturated heterocycles. The van der Waals surface area contributed by atoms with Crippen molar-refractivity contribution < 1.29 is 24.1 Å². The van der Waals surface area contributed by atoms with Crippen molar-refractivity contribution in [1.29, 1.82) is 0 Å². The number of benzene rings is 2. The van der Waals surface area contributed by atoms with Crippen LogP contribution in [0, 0.1) is 0 Å². The minimum atomic E-state index is -0.849. The van der Waals surface area contributed by atoms with Gasteiger partial charge in [-0.3, -0.25) is 4.90 Å². The van der Waals surface area contributed by atoms with Crippen LogP contribution in [0.15, 0.2) is 48.5 Å². The Balaban J connectivity index is 1.59. The highest BCUT2D eigenvalue weighted by molar-refractivity contribution is 5.43. The van der Waals surface area contributed by atoms with Crippen molar-refractivity contribution in [3.8, 4) is 17.2 Å². The Morgan fingerprint density at radius 2 is 1.83 bits per heavy atom. The van der Waals surface area contributed by atoms with Gasteiger partial charge in [-0.15, -0.1) is 0 Å². The third kappa shape index (κ3) is 6.35. The van der Waals surface area contributed by atoms with Crippen molar-refractivity contribution in [3.05, 3.63) is 54.1 Å². The summed E-state index contributed by atoms with van der Waals surface area (Å²) >= 11 is 0. The molecule has 0 radical (unpaired) electrons. The average Bonchev–Trinajstić information content (AvgIpc) is 2.74. The maximum atomic E-state index is 11.0. The summed E-state index contributed by atoms with van der Waals surface area (Å²) in [5.74, 6) is 2.20. The van der Waals surface area contributed by atoms with Gasteiger partial charge in [0.2, 0.25) is 0 Å². The number of rotatable bonds is 10. The monoisotopic (exact) mass is 401 g/mol. The van der Waals surface area contributed by atoms with Crippen molar-refractivity contribution >= 4 is 0 Å². The number of aliphatic hydroxyl groups is 1. The summed E-state index contributed by atoms with van der Waals surface area (Å²) in [4.78, 5) is 2.26. The summed E-state index contributed by atoms with van der Waals surface area (Å²) in [6.45, 7) is 3.54. The van der Waals surface area contributed by atoms with E-state index in [1.54, 1.807) is 14.2 Å². The molecule has 1 aliphatic rings. The zero-order chi connectivity index (χ0) is 20.5. The number of hydrogen-bond donors (Lipinski definition) is 1. The molecule has 0 spiro atoms. The first kappa shape index (κ1) is 21.4. The van der Waals surface area contributed by atoms with Crippen LogP contribution in [0.3, 0.4) is 0 Å². The second kappa shape index (κ2) is 10.5. The van der Waals surface area contributed by atoms with Crippen LogP contribution >= 0.6 is 0 Å². The Labute approximate surface area is 173 Å². The second-order valence-corrected chi connectivity index (χ2v) is 7.47. The maximum absolute atomic E-state index is 11.0. The lowest BCUT2D eigenvalue weighted by Crippen LogP contribution is -2.51. The summed E-state index contributed by atoms with van der Waals surface area (Å²) in [5, 5.41) is 11.0. The molecular weight excluding hydrogens is 370 g/mol. The molecule has 1 heterocycles. The Kier molecular flexibility index (Phi) is 7.75. The van der Waals surface area contributed by atoms with Gasteiger partial charge in [0.15, 0.2) is 11.5 Å². The van der Waals surface area contributed by atoms with E-state index in [4.69, 9.17) is 18.9 Å². The second-order valence-electron chi connectivity index (χ2n) is 7.47. The zero-order valence-corrected chi connectivity index (χ0v) is 17.3. The molecule has 158 valence electrons. The largest absolute Gasteiger partial charge is 0.493 e. The molecule has 0 amide bonds. The van der Waals surface area contributed by atoms with Crippen molar-refractivity contribution in [2.24, 2.45) is 0 Å². The molecule has 0 unspecified atom stereocenters. The lowest BCUT2D eigenvalue weighted by atomic mass is 9.93. The Hall–Kier alpha value is -2.28. The Morgan fingerprint density at radius 1 is 1.00 bits per heavy atom. The van der Waals surface area contributed by atoms with E-state index in [-0.39, 0.29) is 0 Å². The zero-order valence-electron chi connectivity index (χ0n) is 17.3. The molecule has 1 fully saturated rings. The minimum Gasteiger partial charge on any atom is -0.493 e. The van der Waals surface area contributed by atoms with E-state index in [2.05, 4.69) is 4.90 Å². The lowest BCUT2D eigenvalue weighted by Gasteiger charge is -2.39. The molecular formula is C23H31NO5. The van der Waals surface area contributed by atoms with Crippen LogP contribution in [-0.2, 0) is 11.3 Å². The van der Waals surface area contributed by atoms with Crippen LogP contribution in [-0.4, -0.2) is 62.7 Å². The van der Waals surface area contributed by atoms with Crippen LogP contribution in [0.4, 0.5) is 0 Å². The first-order valence-corrected chi connectivity index (χ1v) is 10.0. The normalized spacial score (nSPS) is 19.7. The maximum Gasteiger partial charge on any atom is 0.161 e. The summed E-state index contributed by atoms with van der Waals surface area (Å²) < 4.78 is 22.1. The van der Waals surface area contributed by atoms with Crippen molar-refractivity contribution in [2.75, 3.05) is 47.1 Å². The fraction of sp³-hybridized carbons (Fsp3) is 0.478. The lowest BCUT2D eigenvalue weighted by molar-refractivity contribution is -0.0621. The van der Waals surface area contributed by atoms with Crippen molar-refractivity contribution in [3.63, 3.8) is 0 Å². The quantitative estimate of drug-likeness (QED) is 0.618. The predicted molar refractivity (Wildman–Crippen MR) is 112 cm³/mol. The number of nitrogens with zero attached hydrogens (tertiary/aromatic N) is 1. The van der Waals surface area contributed by atoms with Crippen LogP contribution in [0.1, 0.15) is 18.4 Å². The number of piperidine rings is 1. The fourth-order valence-corrected chi connectivity index (χ4v) is 3.62. The standard InChI is InChI=1S/C23H31NO5/c1-26-13-14-28-22-15-19(9-10-21(22)27-2)16-24-12-6-11-23(25,17-24)18-29-20-7-4-3-5-8-20/h3-5,7-10,15,25H,6,11-14,16-18H2,1-2H3/t23-/m1/s1. The molecule has 1 atom stereocenters. The van der Waals surface area contributed by atoms with Gasteiger partial charge in [-0.25, -0.2) is 0 Å². The van der Waals surface area contributed by atoms with Gasteiger partial charge in [0.25, 0.3) is 0 Å². The average molecular weight is 402 g/mol. The smallest absolute Gasteiger partial charge is 0.161 e. The first-order chi connectivity index (χ1) is 14.1. The van der Waals surface area contributed by atoms with E-state index in [0.29, 0.717) is 37.9 Å². The third-order valence-electron chi connectivity index (χ3n) is 5.06. The third-order valence-corrected chi connectivity index (χ3v) is 5.06. The molecule has 6 heteroatoms. The van der Waals surface area contributed by atoms with E-state index in [1.165, 1.54) is 0 Å². The highest BCUT2D eigenvalue weighted by Crippen LogP contribution is 2.30. The first-order valence-electron chi connectivity index (χ1n) is 10.0. The number of ether oxygens (including phenoxy) is 4. The molecule has 3 rings (SSSR count). The SMILES string of the molecule is COCCOc1cc(CN2CCC[C@](O)(COc3ccccc3)C2)ccc1OC. The molecule has 1 aliphatic heterocycles. The van der Waals surface area contributed by atoms with Gasteiger partial charge in [0, 0.05) is 20.2 Å². The summed E-state index contributed by atoms with van der Waals surface area (Å²) in [6, 6.07) is 15.6. The molecule has 1 N–H and O–H groups in total. The van der Waals surface area contributed by atoms with Crippen LogP contribution in [0.2, 0.25) is 0 Å². The summed E-state index contributed by atoms with van der Waals surface area (Å²) in [6.07, 6.45) is 1.67. The van der Waals surface area contributed by atoms with Gasteiger partial charge in [0.1, 0.15) is 24.6 Å². The van der Waals surface area contributed by atoms with Crippen LogP contribution in [0.5, 0.6) is 17.2 Å². The number of hydrogen-bond acceptors (Lipinski definition) is 6. The highest BCUT2D eigenvalue weighted by Gasteiger charge is 2.34. The number of methoxy groups -OCH3 is 2. The van der Waals surface area contributed by atoms with Crippen LogP contribution < -0.4 is 14.2 Å². The topological polar surface area (TPSA) is 60.4 Å². The van der Waals surface area contributed by atoms with E-state index in [0.717, 1.165) is 37.2 Å². The minimum absolute atomic E-state index is 0.293. The molecule has 2 aromatic carbocycles. The van der Waals surface area contributed by atoms with Gasteiger partial charge in [-0.2, -0.15) is 0 Å². The highest BCUT2D eigenvalue weighted by atomic mass is 16.5. The molecule has 2 aromatic rings. The van der Waals surface area contributed by atoms with Gasteiger partial charge < -0.3 is 24.1 Å². The van der Waals surface area contributed by atoms with E-state index < -0.39 is 5.60 Å². The molecule has 0 aromatic heterocycles. The number of para-hydroxylation sites is 1. The van der Waals surface area contributed by atoms with E-state index >= 15 is 0 Å². The molecule has 0 aliphatic carbocycles. The van der Waals surface area contributed by atoms with Gasteiger partial charge >= 0.3 is 0 Å². The van der Waals surface area contributed by atoms with Gasteiger partial charge in [-0.1, -0.05) is 24.3 Å². The van der Waals surface area contributed by atoms with Crippen molar-refractivity contribution in [2.45, 2.75) is 25.0 Å². The van der Waals surface area contributed by atoms with E-state index in [1.807, 2.05) is 48.5 Å². The summed E-state index contributed by atoms with van der Waals surface area (Å²) in [7, 11) is 3.28. The Bertz CT molecular complexity index is 754. The van der Waals surface area contributed by atoms with E-state index in [9.17, 15) is 5.11 Å². The molecule has 6 nitrogen and oxygen atoms in total. The fourth-order valence-electron chi connectivity index (χ4n) is 3.62. The van der Waals surface area contributed by atoms with Gasteiger partial charge in [0.05, 0.1) is 13.7 Å². The van der Waals surface area contributed by atoms with Crippen molar-refractivity contribution in [1.82, 2.24) is 4.90 Å². The van der Waals surface area contributed by atoms with Gasteiger partial charge in [-0.05, 0) is 49.2 Å². The molecule has 0 saturated carbocycles.